The Labute approximate surface area is 142 Å². The summed E-state index contributed by atoms with van der Waals surface area (Å²) < 4.78 is 10.8. The van der Waals surface area contributed by atoms with Crippen molar-refractivity contribution in [3.8, 4) is 11.1 Å². The summed E-state index contributed by atoms with van der Waals surface area (Å²) in [7, 11) is 0. The molecule has 1 aliphatic rings. The van der Waals surface area contributed by atoms with E-state index in [1.54, 1.807) is 19.1 Å². The molecule has 2 aromatic carbocycles. The van der Waals surface area contributed by atoms with Gasteiger partial charge in [-0.3, -0.25) is 0 Å². The number of carbonyl (C=O) groups excluding carboxylic acids is 1. The Bertz CT molecular complexity index is 776. The number of hydrogen-bond acceptors (Lipinski definition) is 4. The number of benzene rings is 2. The lowest BCUT2D eigenvalue weighted by Gasteiger charge is -2.10. The Morgan fingerprint density at radius 3 is 2.38 bits per heavy atom. The first-order chi connectivity index (χ1) is 11.5. The molecule has 0 aromatic heterocycles. The lowest BCUT2D eigenvalue weighted by molar-refractivity contribution is 0.0526. The van der Waals surface area contributed by atoms with Gasteiger partial charge in [0.1, 0.15) is 6.61 Å². The zero-order chi connectivity index (χ0) is 17.2. The van der Waals surface area contributed by atoms with Gasteiger partial charge in [0.2, 0.25) is 5.90 Å². The average Bonchev–Trinajstić information content (AvgIpc) is 2.95. The second-order valence-corrected chi connectivity index (χ2v) is 6.36. The van der Waals surface area contributed by atoms with Crippen LogP contribution in [0.1, 0.15) is 36.7 Å². The first-order valence-corrected chi connectivity index (χ1v) is 8.10. The van der Waals surface area contributed by atoms with Crippen LogP contribution >= 0.6 is 0 Å². The van der Waals surface area contributed by atoms with Crippen molar-refractivity contribution >= 4 is 11.9 Å². The second-order valence-electron chi connectivity index (χ2n) is 6.36. The van der Waals surface area contributed by atoms with Gasteiger partial charge in [-0.05, 0) is 50.1 Å². The number of esters is 1. The Balaban J connectivity index is 1.95. The van der Waals surface area contributed by atoms with Crippen LogP contribution in [0.5, 0.6) is 0 Å². The predicted octanol–water partition coefficient (Wildman–Crippen LogP) is 4.09. The highest BCUT2D eigenvalue weighted by atomic mass is 16.5. The molecule has 0 fully saturated rings. The van der Waals surface area contributed by atoms with Crippen molar-refractivity contribution < 1.29 is 14.3 Å². The quantitative estimate of drug-likeness (QED) is 0.796. The smallest absolute Gasteiger partial charge is 0.338 e. The van der Waals surface area contributed by atoms with Gasteiger partial charge in [-0.1, -0.05) is 30.3 Å². The third-order valence-corrected chi connectivity index (χ3v) is 3.83. The highest BCUT2D eigenvalue weighted by Gasteiger charge is 2.28. The summed E-state index contributed by atoms with van der Waals surface area (Å²) in [6.45, 7) is 6.86. The Hall–Kier alpha value is -2.62. The van der Waals surface area contributed by atoms with Crippen molar-refractivity contribution in [1.82, 2.24) is 0 Å². The van der Waals surface area contributed by atoms with E-state index in [1.165, 1.54) is 0 Å². The number of ether oxygens (including phenoxy) is 2. The van der Waals surface area contributed by atoms with Crippen molar-refractivity contribution in [3.05, 3.63) is 59.7 Å². The van der Waals surface area contributed by atoms with Crippen molar-refractivity contribution in [3.63, 3.8) is 0 Å². The maximum absolute atomic E-state index is 11.8. The zero-order valence-corrected chi connectivity index (χ0v) is 14.2. The fourth-order valence-corrected chi connectivity index (χ4v) is 2.64. The van der Waals surface area contributed by atoms with Gasteiger partial charge < -0.3 is 9.47 Å². The molecule has 2 aromatic rings. The maximum Gasteiger partial charge on any atom is 0.338 e. The van der Waals surface area contributed by atoms with Gasteiger partial charge in [-0.15, -0.1) is 0 Å². The number of nitrogens with zero attached hydrogens (tertiary/aromatic N) is 1. The third-order valence-electron chi connectivity index (χ3n) is 3.83. The lowest BCUT2D eigenvalue weighted by Crippen LogP contribution is -2.17. The maximum atomic E-state index is 11.8. The number of hydrogen-bond donors (Lipinski definition) is 0. The first-order valence-electron chi connectivity index (χ1n) is 8.10. The van der Waals surface area contributed by atoms with E-state index in [4.69, 9.17) is 9.47 Å². The summed E-state index contributed by atoms with van der Waals surface area (Å²) in [4.78, 5) is 16.4. The van der Waals surface area contributed by atoms with Gasteiger partial charge in [0, 0.05) is 5.56 Å². The molecule has 1 heterocycles. The highest BCUT2D eigenvalue weighted by Crippen LogP contribution is 2.28. The van der Waals surface area contributed by atoms with Gasteiger partial charge in [0.05, 0.1) is 17.7 Å². The van der Waals surface area contributed by atoms with E-state index in [0.29, 0.717) is 24.7 Å². The van der Waals surface area contributed by atoms with Gasteiger partial charge in [-0.2, -0.15) is 0 Å². The largest absolute Gasteiger partial charge is 0.475 e. The van der Waals surface area contributed by atoms with E-state index in [2.05, 4.69) is 18.8 Å². The highest BCUT2D eigenvalue weighted by molar-refractivity contribution is 6.02. The van der Waals surface area contributed by atoms with Gasteiger partial charge >= 0.3 is 5.97 Å². The van der Waals surface area contributed by atoms with Crippen LogP contribution in [0.4, 0.5) is 0 Å². The van der Waals surface area contributed by atoms with Crippen LogP contribution < -0.4 is 0 Å². The minimum Gasteiger partial charge on any atom is -0.475 e. The fraction of sp³-hybridized carbons (Fsp3) is 0.300. The number of carbonyl (C=O) groups is 1. The van der Waals surface area contributed by atoms with Crippen molar-refractivity contribution in [2.24, 2.45) is 4.99 Å². The van der Waals surface area contributed by atoms with Crippen molar-refractivity contribution in [1.29, 1.82) is 0 Å². The van der Waals surface area contributed by atoms with Crippen LogP contribution in [-0.4, -0.2) is 30.6 Å². The number of rotatable bonds is 4. The SMILES string of the molecule is CCOC(=O)c1ccc(-c2ccccc2C2=NC(C)(C)CO2)cc1. The normalized spacial score (nSPS) is 15.5. The molecule has 0 saturated heterocycles. The zero-order valence-electron chi connectivity index (χ0n) is 14.2. The molecule has 4 nitrogen and oxygen atoms in total. The Kier molecular flexibility index (Phi) is 4.38. The molecule has 3 rings (SSSR count). The van der Waals surface area contributed by atoms with Crippen LogP contribution in [-0.2, 0) is 9.47 Å². The number of aliphatic imine (C=N–C) groups is 1. The predicted molar refractivity (Wildman–Crippen MR) is 94.4 cm³/mol. The first kappa shape index (κ1) is 16.2. The van der Waals surface area contributed by atoms with Crippen LogP contribution in [0.3, 0.4) is 0 Å². The molecule has 24 heavy (non-hydrogen) atoms. The van der Waals surface area contributed by atoms with Gasteiger partial charge in [0.25, 0.3) is 0 Å². The molecule has 124 valence electrons. The van der Waals surface area contributed by atoms with E-state index >= 15 is 0 Å². The molecule has 0 spiro atoms. The molecular weight excluding hydrogens is 302 g/mol. The summed E-state index contributed by atoms with van der Waals surface area (Å²) in [6.07, 6.45) is 0. The van der Waals surface area contributed by atoms with Gasteiger partial charge in [-0.25, -0.2) is 9.79 Å². The standard InChI is InChI=1S/C20H21NO3/c1-4-23-19(22)15-11-9-14(10-12-15)16-7-5-6-8-17(16)18-21-20(2,3)13-24-18/h5-12H,4,13H2,1-3H3. The minimum absolute atomic E-state index is 0.198. The van der Waals surface area contributed by atoms with E-state index in [-0.39, 0.29) is 11.5 Å². The topological polar surface area (TPSA) is 47.9 Å². The molecule has 0 N–H and O–H groups in total. The van der Waals surface area contributed by atoms with Crippen LogP contribution in [0.25, 0.3) is 11.1 Å². The van der Waals surface area contributed by atoms with Crippen LogP contribution in [0.15, 0.2) is 53.5 Å². The third kappa shape index (κ3) is 3.32. The molecule has 0 radical (unpaired) electrons. The van der Waals surface area contributed by atoms with E-state index < -0.39 is 0 Å². The summed E-state index contributed by atoms with van der Waals surface area (Å²) >= 11 is 0. The average molecular weight is 323 g/mol. The monoisotopic (exact) mass is 323 g/mol. The fourth-order valence-electron chi connectivity index (χ4n) is 2.64. The molecule has 0 unspecified atom stereocenters. The van der Waals surface area contributed by atoms with E-state index in [0.717, 1.165) is 16.7 Å². The molecule has 0 bridgehead atoms. The summed E-state index contributed by atoms with van der Waals surface area (Å²) in [5, 5.41) is 0. The van der Waals surface area contributed by atoms with E-state index in [1.807, 2.05) is 36.4 Å². The molecule has 0 saturated carbocycles. The molecule has 0 amide bonds. The molecule has 1 aliphatic heterocycles. The van der Waals surface area contributed by atoms with Crippen LogP contribution in [0, 0.1) is 0 Å². The molecular formula is C20H21NO3. The Morgan fingerprint density at radius 1 is 1.12 bits per heavy atom. The molecule has 4 heteroatoms. The summed E-state index contributed by atoms with van der Waals surface area (Å²) in [5.41, 5.74) is 3.36. The Morgan fingerprint density at radius 2 is 1.79 bits per heavy atom. The minimum atomic E-state index is -0.303. The second kappa shape index (κ2) is 6.48. The van der Waals surface area contributed by atoms with E-state index in [9.17, 15) is 4.79 Å². The van der Waals surface area contributed by atoms with Crippen molar-refractivity contribution in [2.75, 3.05) is 13.2 Å². The summed E-state index contributed by atoms with van der Waals surface area (Å²) in [5.74, 6) is 0.368. The molecule has 0 aliphatic carbocycles. The van der Waals surface area contributed by atoms with Crippen LogP contribution in [0.2, 0.25) is 0 Å². The lowest BCUT2D eigenvalue weighted by atomic mass is 9.98. The summed E-state index contributed by atoms with van der Waals surface area (Å²) in [6, 6.07) is 15.4. The van der Waals surface area contributed by atoms with Crippen molar-refractivity contribution in [2.45, 2.75) is 26.3 Å². The van der Waals surface area contributed by atoms with Gasteiger partial charge in [0.15, 0.2) is 0 Å². The molecule has 0 atom stereocenters.